The number of benzene rings is 3. The number of hydrogen-bond acceptors (Lipinski definition) is 2. The summed E-state index contributed by atoms with van der Waals surface area (Å²) in [6, 6.07) is 18.6. The van der Waals surface area contributed by atoms with E-state index in [0.29, 0.717) is 28.6 Å². The maximum absolute atomic E-state index is 12.8. The van der Waals surface area contributed by atoms with Gasteiger partial charge in [0.05, 0.1) is 12.2 Å². The van der Waals surface area contributed by atoms with Crippen LogP contribution in [0, 0.1) is 0 Å². The Bertz CT molecular complexity index is 861. The van der Waals surface area contributed by atoms with Crippen molar-refractivity contribution in [2.75, 3.05) is 11.9 Å². The molecule has 0 aliphatic carbocycles. The molecule has 0 aliphatic rings. The van der Waals surface area contributed by atoms with Gasteiger partial charge in [-0.2, -0.15) is 0 Å². The number of carbonyl (C=O) groups is 1. The zero-order valence-corrected chi connectivity index (χ0v) is 13.4. The van der Waals surface area contributed by atoms with Crippen LogP contribution >= 0.6 is 11.6 Å². The molecule has 3 aromatic rings. The third-order valence-corrected chi connectivity index (χ3v) is 3.74. The van der Waals surface area contributed by atoms with E-state index >= 15 is 0 Å². The van der Waals surface area contributed by atoms with Gasteiger partial charge in [0.25, 0.3) is 5.91 Å². The Morgan fingerprint density at radius 1 is 1.09 bits per heavy atom. The van der Waals surface area contributed by atoms with Crippen molar-refractivity contribution >= 4 is 34.0 Å². The minimum absolute atomic E-state index is 0.215. The summed E-state index contributed by atoms with van der Waals surface area (Å²) in [6.45, 7) is 2.39. The van der Waals surface area contributed by atoms with Crippen LogP contribution in [0.4, 0.5) is 5.69 Å². The molecular weight excluding hydrogens is 310 g/mol. The lowest BCUT2D eigenvalue weighted by molar-refractivity contribution is 0.102. The highest BCUT2D eigenvalue weighted by Crippen LogP contribution is 2.29. The number of nitrogens with one attached hydrogen (secondary N) is 1. The molecule has 23 heavy (non-hydrogen) atoms. The smallest absolute Gasteiger partial charge is 0.260 e. The van der Waals surface area contributed by atoms with Gasteiger partial charge in [0.2, 0.25) is 0 Å². The van der Waals surface area contributed by atoms with Crippen LogP contribution in [-0.4, -0.2) is 12.5 Å². The molecule has 3 rings (SSSR count). The van der Waals surface area contributed by atoms with E-state index in [2.05, 4.69) is 5.32 Å². The molecule has 0 radical (unpaired) electrons. The highest BCUT2D eigenvalue weighted by atomic mass is 35.5. The topological polar surface area (TPSA) is 38.3 Å². The highest BCUT2D eigenvalue weighted by molar-refractivity contribution is 6.31. The Balaban J connectivity index is 2.05. The van der Waals surface area contributed by atoms with Gasteiger partial charge >= 0.3 is 0 Å². The second-order valence-electron chi connectivity index (χ2n) is 5.06. The number of rotatable bonds is 4. The maximum atomic E-state index is 12.8. The van der Waals surface area contributed by atoms with Crippen LogP contribution in [0.2, 0.25) is 5.02 Å². The Hall–Kier alpha value is -2.52. The van der Waals surface area contributed by atoms with E-state index in [9.17, 15) is 4.79 Å². The Labute approximate surface area is 139 Å². The first-order chi connectivity index (χ1) is 11.2. The van der Waals surface area contributed by atoms with Crippen LogP contribution in [0.5, 0.6) is 5.75 Å². The summed E-state index contributed by atoms with van der Waals surface area (Å²) in [5.41, 5.74) is 1.18. The van der Waals surface area contributed by atoms with Gasteiger partial charge in [0, 0.05) is 10.7 Å². The number of hydrogen-bond donors (Lipinski definition) is 1. The van der Waals surface area contributed by atoms with Gasteiger partial charge in [-0.15, -0.1) is 0 Å². The summed E-state index contributed by atoms with van der Waals surface area (Å²) in [7, 11) is 0. The summed E-state index contributed by atoms with van der Waals surface area (Å²) in [4.78, 5) is 12.8. The van der Waals surface area contributed by atoms with E-state index in [4.69, 9.17) is 16.3 Å². The summed E-state index contributed by atoms with van der Waals surface area (Å²) in [5, 5.41) is 5.31. The van der Waals surface area contributed by atoms with Crippen LogP contribution in [0.25, 0.3) is 10.8 Å². The third kappa shape index (κ3) is 3.30. The van der Waals surface area contributed by atoms with Crippen molar-refractivity contribution in [1.29, 1.82) is 0 Å². The number of ether oxygens (including phenoxy) is 1. The number of halogens is 1. The predicted octanol–water partition coefficient (Wildman–Crippen LogP) is 5.14. The first kappa shape index (κ1) is 15.4. The largest absolute Gasteiger partial charge is 0.493 e. The average Bonchev–Trinajstić information content (AvgIpc) is 2.54. The lowest BCUT2D eigenvalue weighted by Crippen LogP contribution is -2.14. The van der Waals surface area contributed by atoms with Gasteiger partial charge in [-0.25, -0.2) is 0 Å². The van der Waals surface area contributed by atoms with Gasteiger partial charge in [0.1, 0.15) is 5.75 Å². The molecule has 116 valence electrons. The third-order valence-electron chi connectivity index (χ3n) is 3.50. The Morgan fingerprint density at radius 3 is 2.70 bits per heavy atom. The van der Waals surface area contributed by atoms with Gasteiger partial charge < -0.3 is 10.1 Å². The molecule has 1 amide bonds. The van der Waals surface area contributed by atoms with Crippen LogP contribution in [-0.2, 0) is 0 Å². The van der Waals surface area contributed by atoms with E-state index in [1.165, 1.54) is 0 Å². The molecule has 0 saturated carbocycles. The van der Waals surface area contributed by atoms with Crippen molar-refractivity contribution in [3.8, 4) is 5.75 Å². The molecule has 3 nitrogen and oxygen atoms in total. The van der Waals surface area contributed by atoms with Crippen molar-refractivity contribution in [2.45, 2.75) is 6.92 Å². The minimum atomic E-state index is -0.215. The van der Waals surface area contributed by atoms with E-state index in [1.807, 2.05) is 43.3 Å². The molecule has 0 aromatic heterocycles. The van der Waals surface area contributed by atoms with Crippen molar-refractivity contribution in [3.63, 3.8) is 0 Å². The second kappa shape index (κ2) is 6.71. The Morgan fingerprint density at radius 2 is 1.91 bits per heavy atom. The summed E-state index contributed by atoms with van der Waals surface area (Å²) in [5.74, 6) is 0.359. The number of carbonyl (C=O) groups excluding carboxylic acids is 1. The fourth-order valence-electron chi connectivity index (χ4n) is 2.52. The molecule has 0 unspecified atom stereocenters. The number of amides is 1. The Kier molecular flexibility index (Phi) is 4.49. The molecule has 0 fully saturated rings. The quantitative estimate of drug-likeness (QED) is 0.721. The first-order valence-corrected chi connectivity index (χ1v) is 7.78. The summed E-state index contributed by atoms with van der Waals surface area (Å²) in [6.07, 6.45) is 0. The zero-order valence-electron chi connectivity index (χ0n) is 12.7. The molecule has 4 heteroatoms. The fraction of sp³-hybridized carbons (Fsp3) is 0.105. The summed E-state index contributed by atoms with van der Waals surface area (Å²) < 4.78 is 5.64. The van der Waals surface area contributed by atoms with Gasteiger partial charge in [0.15, 0.2) is 0 Å². The molecule has 0 bridgehead atoms. The highest BCUT2D eigenvalue weighted by Gasteiger charge is 2.16. The van der Waals surface area contributed by atoms with Gasteiger partial charge in [-0.1, -0.05) is 48.0 Å². The molecule has 0 saturated heterocycles. The van der Waals surface area contributed by atoms with Crippen molar-refractivity contribution in [3.05, 3.63) is 71.2 Å². The van der Waals surface area contributed by atoms with E-state index in [1.54, 1.807) is 24.3 Å². The molecule has 0 spiro atoms. The predicted molar refractivity (Wildman–Crippen MR) is 94.5 cm³/mol. The minimum Gasteiger partial charge on any atom is -0.493 e. The van der Waals surface area contributed by atoms with Crippen LogP contribution in [0.3, 0.4) is 0 Å². The van der Waals surface area contributed by atoms with Crippen LogP contribution < -0.4 is 10.1 Å². The standard InChI is InChI=1S/C19H16ClNO2/c1-2-23-17-11-10-13-6-3-4-9-16(13)18(17)19(22)21-15-8-5-7-14(20)12-15/h3-12H,2H2,1H3,(H,21,22). The zero-order chi connectivity index (χ0) is 16.2. The second-order valence-corrected chi connectivity index (χ2v) is 5.49. The molecule has 3 aromatic carbocycles. The number of anilines is 1. The molecule has 0 heterocycles. The van der Waals surface area contributed by atoms with E-state index in [-0.39, 0.29) is 5.91 Å². The van der Waals surface area contributed by atoms with Gasteiger partial charge in [-0.3, -0.25) is 4.79 Å². The first-order valence-electron chi connectivity index (χ1n) is 7.40. The van der Waals surface area contributed by atoms with Crippen molar-refractivity contribution in [1.82, 2.24) is 0 Å². The normalized spacial score (nSPS) is 10.5. The van der Waals surface area contributed by atoms with E-state index < -0.39 is 0 Å². The average molecular weight is 326 g/mol. The monoisotopic (exact) mass is 325 g/mol. The van der Waals surface area contributed by atoms with Crippen LogP contribution in [0.1, 0.15) is 17.3 Å². The molecule has 0 aliphatic heterocycles. The lowest BCUT2D eigenvalue weighted by Gasteiger charge is -2.13. The summed E-state index contributed by atoms with van der Waals surface area (Å²) >= 11 is 5.97. The lowest BCUT2D eigenvalue weighted by atomic mass is 10.0. The van der Waals surface area contributed by atoms with E-state index in [0.717, 1.165) is 10.8 Å². The van der Waals surface area contributed by atoms with Gasteiger partial charge in [-0.05, 0) is 42.0 Å². The SMILES string of the molecule is CCOc1ccc2ccccc2c1C(=O)Nc1cccc(Cl)c1. The maximum Gasteiger partial charge on any atom is 0.260 e. The van der Waals surface area contributed by atoms with Crippen molar-refractivity contribution in [2.24, 2.45) is 0 Å². The molecule has 0 atom stereocenters. The van der Waals surface area contributed by atoms with Crippen LogP contribution in [0.15, 0.2) is 60.7 Å². The van der Waals surface area contributed by atoms with Crippen molar-refractivity contribution < 1.29 is 9.53 Å². The molecular formula is C19H16ClNO2. The fourth-order valence-corrected chi connectivity index (χ4v) is 2.71. The molecule has 1 N–H and O–H groups in total. The number of fused-ring (bicyclic) bond motifs is 1.